The molecule has 1 atom stereocenters. The summed E-state index contributed by atoms with van der Waals surface area (Å²) in [6, 6.07) is 13.1. The molecule has 1 N–H and O–H groups in total. The first-order valence-electron chi connectivity index (χ1n) is 16.4. The van der Waals surface area contributed by atoms with Crippen LogP contribution in [0.1, 0.15) is 116 Å². The van der Waals surface area contributed by atoms with Crippen molar-refractivity contribution in [2.24, 2.45) is 5.41 Å². The van der Waals surface area contributed by atoms with E-state index in [0.29, 0.717) is 13.2 Å². The number of carbonyl (C=O) groups excluding carboxylic acids is 1. The van der Waals surface area contributed by atoms with Crippen LogP contribution in [0.4, 0.5) is 10.1 Å². The molecule has 0 fully saturated rings. The van der Waals surface area contributed by atoms with Gasteiger partial charge in [0.25, 0.3) is 0 Å². The fourth-order valence-corrected chi connectivity index (χ4v) is 5.79. The minimum Gasteiger partial charge on any atom is -1.00 e. The van der Waals surface area contributed by atoms with Crippen LogP contribution < -0.4 is 31.6 Å². The van der Waals surface area contributed by atoms with E-state index in [4.69, 9.17) is 4.74 Å². The Hall–Kier alpha value is -2.47. The lowest BCUT2D eigenvalue weighted by Gasteiger charge is -2.31. The van der Waals surface area contributed by atoms with Crippen LogP contribution in [0.15, 0.2) is 54.1 Å². The van der Waals surface area contributed by atoms with E-state index in [1.54, 1.807) is 17.9 Å². The van der Waals surface area contributed by atoms with E-state index in [2.05, 4.69) is 37.9 Å². The minimum absolute atomic E-state index is 0. The average Bonchev–Trinajstić information content (AvgIpc) is 2.97. The quantitative estimate of drug-likeness (QED) is 0.213. The van der Waals surface area contributed by atoms with Crippen molar-refractivity contribution in [1.29, 1.82) is 0 Å². The Labute approximate surface area is 271 Å². The maximum Gasteiger partial charge on any atom is 0.224 e. The second kappa shape index (κ2) is 19.7. The molecule has 0 aromatic heterocycles. The first-order valence-corrected chi connectivity index (χ1v) is 16.4. The third-order valence-corrected chi connectivity index (χ3v) is 8.73. The Morgan fingerprint density at radius 1 is 0.953 bits per heavy atom. The van der Waals surface area contributed by atoms with Gasteiger partial charge in [0.2, 0.25) is 5.91 Å². The van der Waals surface area contributed by atoms with Crippen LogP contribution in [0.3, 0.4) is 0 Å². The summed E-state index contributed by atoms with van der Waals surface area (Å²) in [7, 11) is 0. The molecule has 0 aliphatic carbocycles. The average molecular weight is 658 g/mol. The second-order valence-corrected chi connectivity index (χ2v) is 12.4. The molecule has 4 nitrogen and oxygen atoms in total. The smallest absolute Gasteiger partial charge is 0.224 e. The molecule has 2 aromatic carbocycles. The first kappa shape index (κ1) is 36.7. The highest BCUT2D eigenvalue weighted by atomic mass is 79.9. The molecule has 1 heterocycles. The lowest BCUT2D eigenvalue weighted by Crippen LogP contribution is -3.00. The first-order chi connectivity index (χ1) is 20.3. The molecule has 0 radical (unpaired) electrons. The van der Waals surface area contributed by atoms with Crippen LogP contribution in [-0.2, 0) is 17.8 Å². The molecule has 1 aliphatic rings. The number of para-hydroxylation sites is 1. The zero-order chi connectivity index (χ0) is 30.2. The van der Waals surface area contributed by atoms with Crippen molar-refractivity contribution in [3.63, 3.8) is 0 Å². The van der Waals surface area contributed by atoms with Crippen LogP contribution in [0.2, 0.25) is 0 Å². The monoisotopic (exact) mass is 656 g/mol. The van der Waals surface area contributed by atoms with Crippen LogP contribution in [-0.4, -0.2) is 25.3 Å². The molecule has 0 bridgehead atoms. The fraction of sp³-hybridized carbons (Fsp3) is 0.568. The molecule has 2 aromatic rings. The van der Waals surface area contributed by atoms with Gasteiger partial charge in [0.05, 0.1) is 18.6 Å². The maximum absolute atomic E-state index is 15.0. The molecule has 3 rings (SSSR count). The number of benzene rings is 2. The summed E-state index contributed by atoms with van der Waals surface area (Å²) in [4.78, 5) is 17.9. The SMILES string of the molecule is CCCCCCCCCCCCCCOc1ccc(CN(C(C)=O)c2ccccc2CC2(C)C[NH+]=CC=C2C)cc1F.[Br-]. The van der Waals surface area contributed by atoms with Gasteiger partial charge in [-0.3, -0.25) is 4.79 Å². The van der Waals surface area contributed by atoms with Gasteiger partial charge in [-0.25, -0.2) is 9.38 Å². The van der Waals surface area contributed by atoms with Gasteiger partial charge in [-0.1, -0.05) is 107 Å². The van der Waals surface area contributed by atoms with Crippen molar-refractivity contribution in [2.45, 2.75) is 118 Å². The van der Waals surface area contributed by atoms with Crippen molar-refractivity contribution in [2.75, 3.05) is 18.1 Å². The van der Waals surface area contributed by atoms with Gasteiger partial charge in [-0.15, -0.1) is 0 Å². The number of nitrogens with zero attached hydrogens (tertiary/aromatic N) is 1. The zero-order valence-corrected chi connectivity index (χ0v) is 28.6. The highest BCUT2D eigenvalue weighted by Crippen LogP contribution is 2.34. The number of hydrogen-bond donors (Lipinski definition) is 1. The summed E-state index contributed by atoms with van der Waals surface area (Å²) in [6.07, 6.45) is 20.3. The van der Waals surface area contributed by atoms with Crippen LogP contribution >= 0.6 is 0 Å². The number of hydrogen-bond acceptors (Lipinski definition) is 2. The normalized spacial score (nSPS) is 16.0. The summed E-state index contributed by atoms with van der Waals surface area (Å²) < 4.78 is 20.8. The van der Waals surface area contributed by atoms with Crippen LogP contribution in [0, 0.1) is 11.2 Å². The van der Waals surface area contributed by atoms with Gasteiger partial charge < -0.3 is 26.6 Å². The van der Waals surface area contributed by atoms with Gasteiger partial charge in [0, 0.05) is 18.7 Å². The molecular weight excluding hydrogens is 603 g/mol. The lowest BCUT2D eigenvalue weighted by molar-refractivity contribution is -0.469. The van der Waals surface area contributed by atoms with E-state index in [-0.39, 0.29) is 39.9 Å². The molecule has 6 heteroatoms. The highest BCUT2D eigenvalue weighted by Gasteiger charge is 2.32. The van der Waals surface area contributed by atoms with Gasteiger partial charge >= 0.3 is 0 Å². The predicted octanol–water partition coefficient (Wildman–Crippen LogP) is 5.12. The second-order valence-electron chi connectivity index (χ2n) is 12.4. The van der Waals surface area contributed by atoms with E-state index >= 15 is 0 Å². The molecule has 0 saturated heterocycles. The fourth-order valence-electron chi connectivity index (χ4n) is 5.79. The molecule has 0 saturated carbocycles. The number of anilines is 1. The number of halogens is 2. The molecular formula is C37H54BrFN2O2. The summed E-state index contributed by atoms with van der Waals surface area (Å²) >= 11 is 0. The van der Waals surface area contributed by atoms with Gasteiger partial charge in [-0.05, 0) is 56.0 Å². The van der Waals surface area contributed by atoms with Crippen molar-refractivity contribution in [3.8, 4) is 5.75 Å². The number of rotatable bonds is 19. The minimum atomic E-state index is -0.374. The Kier molecular flexibility index (Phi) is 16.9. The zero-order valence-electron chi connectivity index (χ0n) is 27.0. The highest BCUT2D eigenvalue weighted by molar-refractivity contribution is 5.92. The van der Waals surface area contributed by atoms with Crippen LogP contribution in [0.25, 0.3) is 0 Å². The topological polar surface area (TPSA) is 43.5 Å². The van der Waals surface area contributed by atoms with E-state index < -0.39 is 0 Å². The number of carbonyl (C=O) groups is 1. The standard InChI is InChI=1S/C37H53FN2O2.BrH/c1-5-6-7-8-9-10-11-12-13-14-15-18-25-42-36-22-21-32(26-34(36)38)28-40(31(3)41)35-20-17-16-19-33(35)27-37(4)29-39-24-23-30(37)2;/h16-17,19-24,26H,5-15,18,25,27-29H2,1-4H3;1H. The van der Waals surface area contributed by atoms with E-state index in [1.165, 1.54) is 75.8 Å². The van der Waals surface area contributed by atoms with Crippen LogP contribution in [0.5, 0.6) is 5.75 Å². The van der Waals surface area contributed by atoms with Crippen molar-refractivity contribution in [3.05, 3.63) is 71.1 Å². The Bertz CT molecular complexity index is 1180. The van der Waals surface area contributed by atoms with E-state index in [0.717, 1.165) is 42.6 Å². The van der Waals surface area contributed by atoms with Gasteiger partial charge in [0.15, 0.2) is 17.8 Å². The number of nitrogens with one attached hydrogen (secondary N) is 1. The number of allylic oxidation sites excluding steroid dienone is 1. The largest absolute Gasteiger partial charge is 1.00 e. The molecule has 43 heavy (non-hydrogen) atoms. The van der Waals surface area contributed by atoms with Gasteiger partial charge in [-0.2, -0.15) is 0 Å². The summed E-state index contributed by atoms with van der Waals surface area (Å²) in [6.45, 7) is 9.92. The third kappa shape index (κ3) is 12.2. The molecule has 1 amide bonds. The van der Waals surface area contributed by atoms with E-state index in [1.807, 2.05) is 30.5 Å². The molecule has 238 valence electrons. The van der Waals surface area contributed by atoms with Crippen molar-refractivity contribution < 1.29 is 35.9 Å². The maximum atomic E-state index is 15.0. The summed E-state index contributed by atoms with van der Waals surface area (Å²) in [5.41, 5.74) is 3.99. The third-order valence-electron chi connectivity index (χ3n) is 8.73. The van der Waals surface area contributed by atoms with Crippen molar-refractivity contribution >= 4 is 17.8 Å². The summed E-state index contributed by atoms with van der Waals surface area (Å²) in [5.74, 6) is -0.155. The Balaban J connectivity index is 0.00000645. The Morgan fingerprint density at radius 3 is 2.19 bits per heavy atom. The number of unbranched alkanes of at least 4 members (excludes halogenated alkanes) is 11. The molecule has 1 aliphatic heterocycles. The summed E-state index contributed by atoms with van der Waals surface area (Å²) in [5, 5.41) is 0. The molecule has 0 spiro atoms. The van der Waals surface area contributed by atoms with E-state index in [9.17, 15) is 9.18 Å². The molecule has 1 unspecified atom stereocenters. The van der Waals surface area contributed by atoms with Crippen molar-refractivity contribution in [1.82, 2.24) is 0 Å². The number of ether oxygens (including phenoxy) is 1. The predicted molar refractivity (Wildman–Crippen MR) is 174 cm³/mol. The Morgan fingerprint density at radius 2 is 1.58 bits per heavy atom. The lowest BCUT2D eigenvalue weighted by atomic mass is 9.76. The number of amides is 1. The van der Waals surface area contributed by atoms with Gasteiger partial charge in [0.1, 0.15) is 6.54 Å².